The molecular formula is C30H34N13O10. The molecule has 0 saturated carbocycles. The van der Waals surface area contributed by atoms with E-state index in [2.05, 4.69) is 54.0 Å². The number of aliphatic hydroxyl groups excluding tert-OH is 3. The Bertz CT molecular complexity index is 2100. The van der Waals surface area contributed by atoms with E-state index in [-0.39, 0.29) is 17.3 Å². The third kappa shape index (κ3) is 13.6. The SMILES string of the molecule is N=Nc1cc(=O)[nH]c(=O)[nH]1.N=Nc1cc(=O)[nH]c(=O)[nH]1.O=c1cc(C2=CC=CC=CN2)n([C@@H]2O[C@H](CO)[C@@H](O)[C@H]2O)c(=O)[nH]1.[CH2]C=C.c1cncnc1. The van der Waals surface area contributed by atoms with Crippen molar-refractivity contribution >= 4 is 17.3 Å². The van der Waals surface area contributed by atoms with Crippen molar-refractivity contribution in [2.45, 2.75) is 24.5 Å². The van der Waals surface area contributed by atoms with E-state index in [4.69, 9.17) is 15.8 Å². The van der Waals surface area contributed by atoms with Crippen LogP contribution in [0.3, 0.4) is 0 Å². The Hall–Kier alpha value is -7.08. The number of hydrogen-bond donors (Lipinski definition) is 11. The number of rotatable bonds is 5. The van der Waals surface area contributed by atoms with Gasteiger partial charge in [-0.05, 0) is 25.1 Å². The lowest BCUT2D eigenvalue weighted by Gasteiger charge is -2.22. The molecule has 4 aromatic heterocycles. The minimum atomic E-state index is -1.44. The van der Waals surface area contributed by atoms with Crippen molar-refractivity contribution in [2.75, 3.05) is 6.61 Å². The van der Waals surface area contributed by atoms with Gasteiger partial charge in [0.2, 0.25) is 0 Å². The van der Waals surface area contributed by atoms with Gasteiger partial charge in [0.1, 0.15) is 24.6 Å². The van der Waals surface area contributed by atoms with Gasteiger partial charge in [0.25, 0.3) is 16.7 Å². The number of ether oxygens (including phenoxy) is 1. The van der Waals surface area contributed by atoms with Gasteiger partial charge in [-0.25, -0.2) is 35.4 Å². The van der Waals surface area contributed by atoms with Crippen molar-refractivity contribution in [3.05, 3.63) is 161 Å². The minimum Gasteiger partial charge on any atom is -0.394 e. The maximum atomic E-state index is 12.3. The number of hydrogen-bond acceptors (Lipinski definition) is 17. The van der Waals surface area contributed by atoms with Crippen LogP contribution in [0.1, 0.15) is 11.9 Å². The molecule has 0 unspecified atom stereocenters. The second-order valence-electron chi connectivity index (χ2n) is 9.75. The van der Waals surface area contributed by atoms with E-state index in [1.54, 1.807) is 49.0 Å². The lowest BCUT2D eigenvalue weighted by Crippen LogP contribution is -2.40. The van der Waals surface area contributed by atoms with Crippen LogP contribution >= 0.6 is 0 Å². The highest BCUT2D eigenvalue weighted by atomic mass is 16.6. The Morgan fingerprint density at radius 3 is 1.81 bits per heavy atom. The smallest absolute Gasteiger partial charge is 0.331 e. The normalized spacial score (nSPS) is 17.8. The molecule has 53 heavy (non-hydrogen) atoms. The molecular weight excluding hydrogens is 702 g/mol. The summed E-state index contributed by atoms with van der Waals surface area (Å²) in [4.78, 5) is 83.3. The highest BCUT2D eigenvalue weighted by Crippen LogP contribution is 2.30. The van der Waals surface area contributed by atoms with Crippen LogP contribution in [-0.4, -0.2) is 79.7 Å². The van der Waals surface area contributed by atoms with E-state index in [0.29, 0.717) is 5.70 Å². The molecule has 6 rings (SSSR count). The fraction of sp³-hybridized carbons (Fsp3) is 0.167. The molecule has 0 bridgehead atoms. The van der Waals surface area contributed by atoms with Crippen molar-refractivity contribution in [1.82, 2.24) is 44.8 Å². The average molecular weight is 737 g/mol. The maximum absolute atomic E-state index is 12.3. The largest absolute Gasteiger partial charge is 0.394 e. The third-order valence-corrected chi connectivity index (χ3v) is 6.05. The molecule has 0 aromatic carbocycles. The van der Waals surface area contributed by atoms with Crippen molar-refractivity contribution in [1.29, 1.82) is 11.1 Å². The standard InChI is InChI=1S/C15H17N3O6.2C4H4N4O2.C4H4N2.C3H5/c19-7-10-12(21)13(22)14(24-10)18-9(6-11(20)17-15(18)23)8-4-2-1-3-5-16-8;2*5-8-2-1-3(9)7-4(10)6-2;1-2-5-4-6-3-1;1-3-2/h1-6,10,12-14,16,19,21-22H,7H2,(H,17,20,23);2*1,5H,(H2,6,7,9,10);1-4H;3H,1-2H2/t10-,12-,13-,14-;;;;/m1..../s1. The predicted molar refractivity (Wildman–Crippen MR) is 186 cm³/mol. The topological polar surface area (TPSA) is 366 Å². The first-order chi connectivity index (χ1) is 25.4. The van der Waals surface area contributed by atoms with Gasteiger partial charge < -0.3 is 25.4 Å². The molecule has 23 nitrogen and oxygen atoms in total. The summed E-state index contributed by atoms with van der Waals surface area (Å²) in [5.74, 6) is -0.0949. The summed E-state index contributed by atoms with van der Waals surface area (Å²) in [5.41, 5.74) is 9.64. The first-order valence-electron chi connectivity index (χ1n) is 14.7. The van der Waals surface area contributed by atoms with Crippen LogP contribution in [0.25, 0.3) is 5.70 Å². The maximum Gasteiger partial charge on any atom is 0.331 e. The van der Waals surface area contributed by atoms with Gasteiger partial charge in [0.05, 0.1) is 18.0 Å². The lowest BCUT2D eigenvalue weighted by molar-refractivity contribution is -0.0554. The molecule has 4 aromatic rings. The Kier molecular flexibility index (Phi) is 17.4. The van der Waals surface area contributed by atoms with Gasteiger partial charge >= 0.3 is 17.1 Å². The molecule has 11 N–H and O–H groups in total. The second kappa shape index (κ2) is 21.9. The number of nitrogens with one attached hydrogen (secondary N) is 8. The summed E-state index contributed by atoms with van der Waals surface area (Å²) >= 11 is 0. The van der Waals surface area contributed by atoms with Crippen LogP contribution < -0.4 is 39.1 Å². The van der Waals surface area contributed by atoms with Gasteiger partial charge in [0.15, 0.2) is 17.9 Å². The number of nitrogens with zero attached hydrogens (tertiary/aromatic N) is 5. The zero-order valence-corrected chi connectivity index (χ0v) is 27.4. The molecule has 279 valence electrons. The van der Waals surface area contributed by atoms with Crippen LogP contribution in [0.4, 0.5) is 11.6 Å². The highest BCUT2D eigenvalue weighted by molar-refractivity contribution is 5.64. The molecule has 23 heteroatoms. The summed E-state index contributed by atoms with van der Waals surface area (Å²) in [7, 11) is 0. The van der Waals surface area contributed by atoms with E-state index in [1.807, 2.05) is 9.97 Å². The van der Waals surface area contributed by atoms with Crippen LogP contribution in [0.2, 0.25) is 0 Å². The highest BCUT2D eigenvalue weighted by Gasteiger charge is 2.44. The van der Waals surface area contributed by atoms with Gasteiger partial charge in [-0.2, -0.15) is 0 Å². The number of allylic oxidation sites excluding steroid dienone is 5. The average Bonchev–Trinajstić information content (AvgIpc) is 3.28. The van der Waals surface area contributed by atoms with Crippen molar-refractivity contribution in [3.63, 3.8) is 0 Å². The first kappa shape index (κ1) is 42.1. The number of aromatic amines is 5. The van der Waals surface area contributed by atoms with E-state index < -0.39 is 64.9 Å². The summed E-state index contributed by atoms with van der Waals surface area (Å²) in [6.07, 6.45) is 9.73. The molecule has 0 amide bonds. The second-order valence-corrected chi connectivity index (χ2v) is 9.75. The third-order valence-electron chi connectivity index (χ3n) is 6.05. The Labute approximate surface area is 295 Å². The molecule has 2 aliphatic rings. The number of aliphatic hydroxyl groups is 3. The van der Waals surface area contributed by atoms with Crippen molar-refractivity contribution < 1.29 is 20.1 Å². The van der Waals surface area contributed by atoms with Crippen LogP contribution in [0, 0.1) is 18.0 Å². The molecule has 1 radical (unpaired) electrons. The fourth-order valence-corrected chi connectivity index (χ4v) is 3.96. The van der Waals surface area contributed by atoms with Crippen LogP contribution in [-0.2, 0) is 4.74 Å². The Balaban J connectivity index is 0.000000275. The van der Waals surface area contributed by atoms with Gasteiger partial charge in [-0.1, -0.05) is 18.2 Å². The monoisotopic (exact) mass is 736 g/mol. The lowest BCUT2D eigenvalue weighted by atomic mass is 10.1. The molecule has 0 aliphatic carbocycles. The Morgan fingerprint density at radius 1 is 0.830 bits per heavy atom. The number of H-pyrrole nitrogens is 5. The molecule has 2 aliphatic heterocycles. The summed E-state index contributed by atoms with van der Waals surface area (Å²) < 4.78 is 6.44. The summed E-state index contributed by atoms with van der Waals surface area (Å²) in [6, 6.07) is 5.00. The van der Waals surface area contributed by atoms with E-state index >= 15 is 0 Å². The van der Waals surface area contributed by atoms with Crippen LogP contribution in [0.15, 0.2) is 125 Å². The summed E-state index contributed by atoms with van der Waals surface area (Å²) in [6.45, 7) is 5.98. The molecule has 4 atom stereocenters. The zero-order chi connectivity index (χ0) is 39.3. The molecule has 1 saturated heterocycles. The molecule has 0 spiro atoms. The molecule has 1 fully saturated rings. The predicted octanol–water partition coefficient (Wildman–Crippen LogP) is -0.903. The van der Waals surface area contributed by atoms with E-state index in [9.17, 15) is 44.1 Å². The van der Waals surface area contributed by atoms with E-state index in [1.165, 1.54) is 18.5 Å². The van der Waals surface area contributed by atoms with Gasteiger partial charge in [-0.3, -0.25) is 43.9 Å². The van der Waals surface area contributed by atoms with Crippen molar-refractivity contribution in [3.8, 4) is 0 Å². The van der Waals surface area contributed by atoms with Crippen molar-refractivity contribution in [2.24, 2.45) is 10.2 Å². The molecule has 6 heterocycles. The number of aromatic nitrogens is 8. The Morgan fingerprint density at radius 2 is 1.38 bits per heavy atom. The summed E-state index contributed by atoms with van der Waals surface area (Å²) in [5, 5.41) is 37.9. The quantitative estimate of drug-likeness (QED) is 0.111. The zero-order valence-electron chi connectivity index (χ0n) is 27.4. The fourth-order valence-electron chi connectivity index (χ4n) is 3.96. The van der Waals surface area contributed by atoms with Crippen LogP contribution in [0.5, 0.6) is 0 Å². The van der Waals surface area contributed by atoms with Gasteiger partial charge in [0, 0.05) is 36.8 Å². The van der Waals surface area contributed by atoms with Gasteiger partial charge in [-0.15, -0.1) is 16.8 Å². The minimum absolute atomic E-state index is 0.0475. The van der Waals surface area contributed by atoms with E-state index in [0.717, 1.165) is 16.7 Å². The first-order valence-corrected chi connectivity index (χ1v) is 14.7.